The van der Waals surface area contributed by atoms with Crippen LogP contribution >= 0.6 is 11.6 Å². The summed E-state index contributed by atoms with van der Waals surface area (Å²) in [5.41, 5.74) is 0.500. The molecule has 2 N–H and O–H groups in total. The second-order valence-electron chi connectivity index (χ2n) is 4.84. The highest BCUT2D eigenvalue weighted by molar-refractivity contribution is 7.89. The number of nitrogens with one attached hydrogen (secondary N) is 1. The normalized spacial score (nSPS) is 15.5. The summed E-state index contributed by atoms with van der Waals surface area (Å²) in [6, 6.07) is 4.42. The van der Waals surface area contributed by atoms with Gasteiger partial charge in [-0.3, -0.25) is 0 Å². The minimum atomic E-state index is -3.68. The summed E-state index contributed by atoms with van der Waals surface area (Å²) in [5.74, 6) is 0.655. The summed E-state index contributed by atoms with van der Waals surface area (Å²) in [5, 5.41) is 9.18. The van der Waals surface area contributed by atoms with E-state index < -0.39 is 10.0 Å². The van der Waals surface area contributed by atoms with Crippen molar-refractivity contribution in [3.8, 4) is 0 Å². The van der Waals surface area contributed by atoms with Crippen molar-refractivity contribution in [1.82, 2.24) is 4.72 Å². The molecule has 2 rings (SSSR count). The van der Waals surface area contributed by atoms with E-state index >= 15 is 0 Å². The predicted molar refractivity (Wildman–Crippen MR) is 76.1 cm³/mol. The molecule has 0 saturated heterocycles. The number of aliphatic hydroxyl groups excluding tert-OH is 1. The third-order valence-corrected chi connectivity index (χ3v) is 5.00. The molecular weight excluding hydrogens is 302 g/mol. The zero-order chi connectivity index (χ0) is 14.6. The molecular formula is C13H18ClNO4S. The number of benzene rings is 1. The molecule has 0 heterocycles. The lowest BCUT2D eigenvalue weighted by molar-refractivity contribution is 0.129. The van der Waals surface area contributed by atoms with Crippen molar-refractivity contribution < 1.29 is 18.3 Å². The lowest BCUT2D eigenvalue weighted by Crippen LogP contribution is -2.28. The van der Waals surface area contributed by atoms with E-state index in [1.54, 1.807) is 6.07 Å². The van der Waals surface area contributed by atoms with Crippen LogP contribution in [-0.2, 0) is 21.4 Å². The Bertz CT molecular complexity index is 557. The molecule has 112 valence electrons. The summed E-state index contributed by atoms with van der Waals surface area (Å²) in [4.78, 5) is -0.0205. The first-order chi connectivity index (χ1) is 9.53. The molecule has 0 amide bonds. The van der Waals surface area contributed by atoms with E-state index in [1.807, 2.05) is 0 Å². The monoisotopic (exact) mass is 319 g/mol. The van der Waals surface area contributed by atoms with Gasteiger partial charge in [-0.05, 0) is 36.5 Å². The Morgan fingerprint density at radius 3 is 2.80 bits per heavy atom. The average molecular weight is 320 g/mol. The van der Waals surface area contributed by atoms with E-state index in [9.17, 15) is 8.42 Å². The number of hydrogen-bond donors (Lipinski definition) is 2. The van der Waals surface area contributed by atoms with Gasteiger partial charge in [-0.2, -0.15) is 0 Å². The number of hydrogen-bond acceptors (Lipinski definition) is 4. The zero-order valence-electron chi connectivity index (χ0n) is 11.0. The van der Waals surface area contributed by atoms with Gasteiger partial charge in [0, 0.05) is 13.2 Å². The smallest absolute Gasteiger partial charge is 0.242 e. The minimum Gasteiger partial charge on any atom is -0.392 e. The Hall–Kier alpha value is -0.660. The lowest BCUT2D eigenvalue weighted by Gasteiger charge is -2.10. The summed E-state index contributed by atoms with van der Waals surface area (Å²) in [7, 11) is -3.68. The molecule has 0 aliphatic heterocycles. The van der Waals surface area contributed by atoms with Crippen LogP contribution in [0.2, 0.25) is 5.02 Å². The number of ether oxygens (including phenoxy) is 1. The van der Waals surface area contributed by atoms with Crippen molar-refractivity contribution in [2.45, 2.75) is 24.3 Å². The van der Waals surface area contributed by atoms with Crippen LogP contribution in [-0.4, -0.2) is 33.3 Å². The predicted octanol–water partition coefficient (Wildman–Crippen LogP) is 1.54. The molecule has 0 aromatic heterocycles. The second kappa shape index (κ2) is 6.87. The van der Waals surface area contributed by atoms with Gasteiger partial charge in [0.15, 0.2) is 0 Å². The second-order valence-corrected chi connectivity index (χ2v) is 6.98. The fourth-order valence-corrected chi connectivity index (χ4v) is 3.27. The Morgan fingerprint density at radius 1 is 1.40 bits per heavy atom. The molecule has 1 saturated carbocycles. The SMILES string of the molecule is O=S(=O)(NCCOCC1CC1)c1cc(CO)ccc1Cl. The van der Waals surface area contributed by atoms with Gasteiger partial charge in [-0.15, -0.1) is 0 Å². The van der Waals surface area contributed by atoms with Gasteiger partial charge < -0.3 is 9.84 Å². The van der Waals surface area contributed by atoms with Gasteiger partial charge in [0.1, 0.15) is 4.90 Å². The molecule has 1 fully saturated rings. The number of halogens is 1. The van der Waals surface area contributed by atoms with E-state index in [4.69, 9.17) is 21.4 Å². The van der Waals surface area contributed by atoms with Crippen LogP contribution < -0.4 is 4.72 Å². The Kier molecular flexibility index (Phi) is 5.40. The van der Waals surface area contributed by atoms with Crippen LogP contribution in [0.1, 0.15) is 18.4 Å². The van der Waals surface area contributed by atoms with Gasteiger partial charge in [0.25, 0.3) is 0 Å². The Labute approximate surface area is 124 Å². The highest BCUT2D eigenvalue weighted by Crippen LogP contribution is 2.28. The van der Waals surface area contributed by atoms with Crippen molar-refractivity contribution in [3.05, 3.63) is 28.8 Å². The summed E-state index contributed by atoms with van der Waals surface area (Å²) < 4.78 is 32.0. The topological polar surface area (TPSA) is 75.6 Å². The molecule has 1 aliphatic carbocycles. The van der Waals surface area contributed by atoms with Gasteiger partial charge in [0.05, 0.1) is 18.2 Å². The molecule has 0 radical (unpaired) electrons. The van der Waals surface area contributed by atoms with Gasteiger partial charge >= 0.3 is 0 Å². The molecule has 7 heteroatoms. The fourth-order valence-electron chi connectivity index (χ4n) is 1.71. The first kappa shape index (κ1) is 15.7. The van der Waals surface area contributed by atoms with E-state index in [1.165, 1.54) is 25.0 Å². The largest absolute Gasteiger partial charge is 0.392 e. The van der Waals surface area contributed by atoms with E-state index in [0.29, 0.717) is 24.7 Å². The number of sulfonamides is 1. The van der Waals surface area contributed by atoms with E-state index in [-0.39, 0.29) is 23.1 Å². The van der Waals surface area contributed by atoms with Gasteiger partial charge in [-0.1, -0.05) is 17.7 Å². The third-order valence-electron chi connectivity index (χ3n) is 3.06. The number of rotatable bonds is 8. The molecule has 0 atom stereocenters. The molecule has 0 bridgehead atoms. The summed E-state index contributed by atoms with van der Waals surface area (Å²) in [6.45, 7) is 1.01. The van der Waals surface area contributed by atoms with Gasteiger partial charge in [-0.25, -0.2) is 13.1 Å². The van der Waals surface area contributed by atoms with Crippen molar-refractivity contribution in [2.24, 2.45) is 5.92 Å². The zero-order valence-corrected chi connectivity index (χ0v) is 12.6. The Balaban J connectivity index is 1.91. The van der Waals surface area contributed by atoms with Crippen LogP contribution in [0.15, 0.2) is 23.1 Å². The highest BCUT2D eigenvalue weighted by Gasteiger charge is 2.21. The standard InChI is InChI=1S/C13H18ClNO4S/c14-12-4-3-11(8-16)7-13(12)20(17,18)15-5-6-19-9-10-1-2-10/h3-4,7,10,15-16H,1-2,5-6,8-9H2. The molecule has 0 spiro atoms. The van der Waals surface area contributed by atoms with Crippen LogP contribution in [0.3, 0.4) is 0 Å². The maximum Gasteiger partial charge on any atom is 0.242 e. The van der Waals surface area contributed by atoms with Crippen molar-refractivity contribution >= 4 is 21.6 Å². The van der Waals surface area contributed by atoms with Crippen LogP contribution in [0, 0.1) is 5.92 Å². The molecule has 0 unspecified atom stereocenters. The van der Waals surface area contributed by atoms with Crippen molar-refractivity contribution in [2.75, 3.05) is 19.8 Å². The minimum absolute atomic E-state index is 0.0205. The number of aliphatic hydroxyl groups is 1. The van der Waals surface area contributed by atoms with E-state index in [2.05, 4.69) is 4.72 Å². The molecule has 20 heavy (non-hydrogen) atoms. The highest BCUT2D eigenvalue weighted by atomic mass is 35.5. The average Bonchev–Trinajstić information content (AvgIpc) is 3.23. The molecule has 5 nitrogen and oxygen atoms in total. The third kappa shape index (κ3) is 4.43. The summed E-state index contributed by atoms with van der Waals surface area (Å²) >= 11 is 5.90. The molecule has 1 aromatic carbocycles. The lowest BCUT2D eigenvalue weighted by atomic mass is 10.2. The first-order valence-electron chi connectivity index (χ1n) is 6.49. The van der Waals surface area contributed by atoms with Crippen LogP contribution in [0.4, 0.5) is 0 Å². The van der Waals surface area contributed by atoms with E-state index in [0.717, 1.165) is 0 Å². The maximum atomic E-state index is 12.1. The van der Waals surface area contributed by atoms with Crippen molar-refractivity contribution in [1.29, 1.82) is 0 Å². The van der Waals surface area contributed by atoms with Crippen LogP contribution in [0.5, 0.6) is 0 Å². The van der Waals surface area contributed by atoms with Crippen LogP contribution in [0.25, 0.3) is 0 Å². The Morgan fingerprint density at radius 2 is 2.15 bits per heavy atom. The van der Waals surface area contributed by atoms with Gasteiger partial charge in [0.2, 0.25) is 10.0 Å². The maximum absolute atomic E-state index is 12.1. The quantitative estimate of drug-likeness (QED) is 0.713. The molecule has 1 aromatic rings. The summed E-state index contributed by atoms with van der Waals surface area (Å²) in [6.07, 6.45) is 2.41. The fraction of sp³-hybridized carbons (Fsp3) is 0.538. The first-order valence-corrected chi connectivity index (χ1v) is 8.36. The van der Waals surface area contributed by atoms with Crippen molar-refractivity contribution in [3.63, 3.8) is 0 Å². The molecule has 1 aliphatic rings.